The first-order valence-electron chi connectivity index (χ1n) is 8.73. The van der Waals surface area contributed by atoms with Crippen LogP contribution in [0.15, 0.2) is 53.9 Å². The van der Waals surface area contributed by atoms with E-state index < -0.39 is 0 Å². The van der Waals surface area contributed by atoms with Crippen molar-refractivity contribution >= 4 is 5.69 Å². The number of methoxy groups -OCH3 is 1. The molecule has 2 N–H and O–H groups in total. The lowest BCUT2D eigenvalue weighted by Gasteiger charge is -2.27. The summed E-state index contributed by atoms with van der Waals surface area (Å²) >= 11 is 0. The summed E-state index contributed by atoms with van der Waals surface area (Å²) in [6.07, 6.45) is 0. The van der Waals surface area contributed by atoms with Crippen LogP contribution in [0.5, 0.6) is 11.5 Å². The van der Waals surface area contributed by atoms with Gasteiger partial charge in [0.25, 0.3) is 0 Å². The van der Waals surface area contributed by atoms with Crippen LogP contribution >= 0.6 is 0 Å². The molecule has 5 heteroatoms. The molecule has 0 bridgehead atoms. The molecular weight excluding hydrogens is 326 g/mol. The first-order chi connectivity index (χ1) is 12.6. The lowest BCUT2D eigenvalue weighted by Crippen LogP contribution is -2.22. The van der Waals surface area contributed by atoms with Crippen LogP contribution in [-0.4, -0.2) is 20.2 Å². The molecule has 1 aliphatic heterocycles. The van der Waals surface area contributed by atoms with Crippen molar-refractivity contribution in [2.24, 2.45) is 5.73 Å². The molecule has 1 aliphatic rings. The number of hydrogen-bond donors (Lipinski definition) is 1. The van der Waals surface area contributed by atoms with Crippen molar-refractivity contribution in [3.8, 4) is 17.6 Å². The third kappa shape index (κ3) is 3.06. The van der Waals surface area contributed by atoms with Crippen LogP contribution in [-0.2, 0) is 0 Å². The second-order valence-corrected chi connectivity index (χ2v) is 6.09. The Balaban J connectivity index is 2.06. The Hall–Kier alpha value is -3.13. The standard InChI is InChI=1S/C21H23N3O2/c1-4-24(5-2)15-8-6-14(7-9-15)20-17-11-10-16(25-3)12-19(17)26-21(23)18(20)13-22/h6-12,20H,4-5,23H2,1-3H3/t20-/m1/s1. The molecule has 26 heavy (non-hydrogen) atoms. The van der Waals surface area contributed by atoms with Crippen LogP contribution in [0.3, 0.4) is 0 Å². The topological polar surface area (TPSA) is 71.5 Å². The molecule has 2 aromatic carbocycles. The monoisotopic (exact) mass is 349 g/mol. The van der Waals surface area contributed by atoms with Crippen molar-refractivity contribution in [3.63, 3.8) is 0 Å². The van der Waals surface area contributed by atoms with Gasteiger partial charge in [0.2, 0.25) is 5.88 Å². The third-order valence-electron chi connectivity index (χ3n) is 4.78. The van der Waals surface area contributed by atoms with Crippen LogP contribution < -0.4 is 20.1 Å². The van der Waals surface area contributed by atoms with Gasteiger partial charge in [-0.05, 0) is 37.6 Å². The number of benzene rings is 2. The van der Waals surface area contributed by atoms with Gasteiger partial charge in [-0.25, -0.2) is 0 Å². The summed E-state index contributed by atoms with van der Waals surface area (Å²) in [5, 5.41) is 9.64. The highest BCUT2D eigenvalue weighted by Gasteiger charge is 2.30. The van der Waals surface area contributed by atoms with E-state index >= 15 is 0 Å². The van der Waals surface area contributed by atoms with E-state index in [1.807, 2.05) is 12.1 Å². The number of ether oxygens (including phenoxy) is 2. The van der Waals surface area contributed by atoms with E-state index in [1.54, 1.807) is 13.2 Å². The lowest BCUT2D eigenvalue weighted by atomic mass is 9.83. The van der Waals surface area contributed by atoms with E-state index in [4.69, 9.17) is 15.2 Å². The fraction of sp³-hybridized carbons (Fsp3) is 0.286. The minimum atomic E-state index is -0.250. The quantitative estimate of drug-likeness (QED) is 0.890. The van der Waals surface area contributed by atoms with Gasteiger partial charge in [-0.3, -0.25) is 0 Å². The highest BCUT2D eigenvalue weighted by Crippen LogP contribution is 2.43. The third-order valence-corrected chi connectivity index (χ3v) is 4.78. The van der Waals surface area contributed by atoms with E-state index in [9.17, 15) is 5.26 Å². The fourth-order valence-electron chi connectivity index (χ4n) is 3.37. The molecule has 0 aliphatic carbocycles. The summed E-state index contributed by atoms with van der Waals surface area (Å²) in [5.41, 5.74) is 9.54. The maximum Gasteiger partial charge on any atom is 0.205 e. The lowest BCUT2D eigenvalue weighted by molar-refractivity contribution is 0.381. The van der Waals surface area contributed by atoms with Gasteiger partial charge in [0.15, 0.2) is 0 Å². The van der Waals surface area contributed by atoms with Gasteiger partial charge in [0.05, 0.1) is 13.0 Å². The number of nitrogens with zero attached hydrogens (tertiary/aromatic N) is 2. The minimum absolute atomic E-state index is 0.145. The summed E-state index contributed by atoms with van der Waals surface area (Å²) in [6, 6.07) is 16.1. The Morgan fingerprint density at radius 2 is 1.85 bits per heavy atom. The van der Waals surface area contributed by atoms with Crippen molar-refractivity contribution in [2.45, 2.75) is 19.8 Å². The van der Waals surface area contributed by atoms with Gasteiger partial charge in [0.1, 0.15) is 23.1 Å². The Bertz CT molecular complexity index is 862. The predicted molar refractivity (Wildman–Crippen MR) is 102 cm³/mol. The van der Waals surface area contributed by atoms with E-state index in [2.05, 4.69) is 49.1 Å². The highest BCUT2D eigenvalue weighted by atomic mass is 16.5. The van der Waals surface area contributed by atoms with E-state index in [-0.39, 0.29) is 11.8 Å². The molecule has 0 amide bonds. The summed E-state index contributed by atoms with van der Waals surface area (Å²) in [7, 11) is 1.61. The van der Waals surface area contributed by atoms with Crippen LogP contribution in [0.1, 0.15) is 30.9 Å². The second-order valence-electron chi connectivity index (χ2n) is 6.09. The molecule has 0 spiro atoms. The van der Waals surface area contributed by atoms with Crippen molar-refractivity contribution in [1.82, 2.24) is 0 Å². The SMILES string of the molecule is CCN(CC)c1ccc([C@H]2C(C#N)=C(N)Oc3cc(OC)ccc32)cc1. The summed E-state index contributed by atoms with van der Waals surface area (Å²) in [5.74, 6) is 1.21. The number of nitrogens with two attached hydrogens (primary N) is 1. The van der Waals surface area contributed by atoms with Crippen LogP contribution in [0.4, 0.5) is 5.69 Å². The number of hydrogen-bond acceptors (Lipinski definition) is 5. The van der Waals surface area contributed by atoms with Crippen LogP contribution in [0, 0.1) is 11.3 Å². The molecule has 0 aromatic heterocycles. The van der Waals surface area contributed by atoms with Crippen LogP contribution in [0.2, 0.25) is 0 Å². The van der Waals surface area contributed by atoms with E-state index in [0.717, 1.165) is 29.9 Å². The number of fused-ring (bicyclic) bond motifs is 1. The summed E-state index contributed by atoms with van der Waals surface area (Å²) in [6.45, 7) is 6.17. The number of nitriles is 1. The van der Waals surface area contributed by atoms with Gasteiger partial charge < -0.3 is 20.1 Å². The van der Waals surface area contributed by atoms with Crippen molar-refractivity contribution in [1.29, 1.82) is 5.26 Å². The molecule has 5 nitrogen and oxygen atoms in total. The highest BCUT2D eigenvalue weighted by molar-refractivity contribution is 5.58. The van der Waals surface area contributed by atoms with E-state index in [0.29, 0.717) is 17.1 Å². The van der Waals surface area contributed by atoms with Gasteiger partial charge in [-0.15, -0.1) is 0 Å². The predicted octanol–water partition coefficient (Wildman–Crippen LogP) is 3.76. The molecule has 0 saturated heterocycles. The van der Waals surface area contributed by atoms with Crippen molar-refractivity contribution < 1.29 is 9.47 Å². The molecule has 134 valence electrons. The number of anilines is 1. The Morgan fingerprint density at radius 1 is 1.15 bits per heavy atom. The zero-order valence-electron chi connectivity index (χ0n) is 15.3. The molecule has 0 radical (unpaired) electrons. The summed E-state index contributed by atoms with van der Waals surface area (Å²) in [4.78, 5) is 2.28. The molecule has 0 unspecified atom stereocenters. The largest absolute Gasteiger partial charge is 0.497 e. The average molecular weight is 349 g/mol. The zero-order valence-corrected chi connectivity index (χ0v) is 15.3. The van der Waals surface area contributed by atoms with Crippen molar-refractivity contribution in [3.05, 3.63) is 65.0 Å². The molecule has 0 saturated carbocycles. The second kappa shape index (κ2) is 7.40. The Labute approximate surface area is 154 Å². The van der Waals surface area contributed by atoms with Gasteiger partial charge >= 0.3 is 0 Å². The maximum atomic E-state index is 9.64. The smallest absolute Gasteiger partial charge is 0.205 e. The number of rotatable bonds is 5. The first-order valence-corrected chi connectivity index (χ1v) is 8.73. The molecule has 1 heterocycles. The molecule has 3 rings (SSSR count). The average Bonchev–Trinajstić information content (AvgIpc) is 2.68. The molecular formula is C21H23N3O2. The Morgan fingerprint density at radius 3 is 2.42 bits per heavy atom. The van der Waals surface area contributed by atoms with E-state index in [1.165, 1.54) is 0 Å². The normalized spacial score (nSPS) is 15.7. The van der Waals surface area contributed by atoms with Gasteiger partial charge in [-0.2, -0.15) is 5.26 Å². The Kier molecular flexibility index (Phi) is 5.04. The summed E-state index contributed by atoms with van der Waals surface area (Å²) < 4.78 is 10.9. The van der Waals surface area contributed by atoms with Gasteiger partial charge in [0, 0.05) is 30.4 Å². The fourth-order valence-corrected chi connectivity index (χ4v) is 3.37. The first kappa shape index (κ1) is 17.7. The van der Waals surface area contributed by atoms with Crippen molar-refractivity contribution in [2.75, 3.05) is 25.1 Å². The molecule has 1 atom stereocenters. The minimum Gasteiger partial charge on any atom is -0.497 e. The maximum absolute atomic E-state index is 9.64. The van der Waals surface area contributed by atoms with Gasteiger partial charge in [-0.1, -0.05) is 18.2 Å². The zero-order chi connectivity index (χ0) is 18.7. The number of allylic oxidation sites excluding steroid dienone is 1. The molecule has 2 aromatic rings. The van der Waals surface area contributed by atoms with Crippen LogP contribution in [0.25, 0.3) is 0 Å². The molecule has 0 fully saturated rings.